The molecule has 1 aromatic rings. The Hall–Kier alpha value is -0.860. The number of hydrogen-bond acceptors (Lipinski definition) is 2. The van der Waals surface area contributed by atoms with Gasteiger partial charge < -0.3 is 10.2 Å². The van der Waals surface area contributed by atoms with Crippen molar-refractivity contribution in [3.05, 3.63) is 35.4 Å². The quantitative estimate of drug-likeness (QED) is 0.534. The van der Waals surface area contributed by atoms with Crippen LogP contribution in [0.5, 0.6) is 0 Å². The van der Waals surface area contributed by atoms with Gasteiger partial charge in [0.2, 0.25) is 0 Å². The number of unbranched alkanes of at least 4 members (excludes halogenated alkanes) is 2. The van der Waals surface area contributed by atoms with Crippen molar-refractivity contribution in [2.24, 2.45) is 0 Å². The first-order chi connectivity index (χ1) is 10.8. The number of hydrogen-bond donors (Lipinski definition) is 1. The molecule has 0 aliphatic heterocycles. The molecule has 1 aromatic carbocycles. The molecular formula is C20H36N2. The van der Waals surface area contributed by atoms with Crippen molar-refractivity contribution in [3.8, 4) is 0 Å². The van der Waals surface area contributed by atoms with Crippen LogP contribution in [-0.4, -0.2) is 31.1 Å². The summed E-state index contributed by atoms with van der Waals surface area (Å²) in [6.07, 6.45) is 7.64. The molecule has 0 aliphatic carbocycles. The van der Waals surface area contributed by atoms with E-state index < -0.39 is 0 Å². The summed E-state index contributed by atoms with van der Waals surface area (Å²) in [6.45, 7) is 12.7. The van der Waals surface area contributed by atoms with Crippen LogP contribution in [0.2, 0.25) is 0 Å². The van der Waals surface area contributed by atoms with Crippen LogP contribution in [0.1, 0.15) is 64.0 Å². The molecule has 2 nitrogen and oxygen atoms in total. The topological polar surface area (TPSA) is 15.3 Å². The maximum Gasteiger partial charge on any atom is 0.0205 e. The number of nitrogens with zero attached hydrogens (tertiary/aromatic N) is 1. The van der Waals surface area contributed by atoms with Crippen molar-refractivity contribution in [2.45, 2.75) is 65.8 Å². The van der Waals surface area contributed by atoms with Gasteiger partial charge in [0.1, 0.15) is 0 Å². The summed E-state index contributed by atoms with van der Waals surface area (Å²) in [5, 5.41) is 3.58. The zero-order valence-corrected chi connectivity index (χ0v) is 15.0. The van der Waals surface area contributed by atoms with Gasteiger partial charge in [0.05, 0.1) is 0 Å². The molecule has 0 unspecified atom stereocenters. The first kappa shape index (κ1) is 19.2. The lowest BCUT2D eigenvalue weighted by Crippen LogP contribution is -2.29. The van der Waals surface area contributed by atoms with Crippen molar-refractivity contribution in [2.75, 3.05) is 26.2 Å². The summed E-state index contributed by atoms with van der Waals surface area (Å²) in [6, 6.07) is 8.99. The van der Waals surface area contributed by atoms with Crippen LogP contribution in [0.4, 0.5) is 0 Å². The highest BCUT2D eigenvalue weighted by molar-refractivity contribution is 5.22. The Kier molecular flexibility index (Phi) is 11.0. The monoisotopic (exact) mass is 304 g/mol. The van der Waals surface area contributed by atoms with E-state index in [1.165, 1.54) is 62.9 Å². The molecule has 126 valence electrons. The Morgan fingerprint density at radius 2 is 1.32 bits per heavy atom. The molecular weight excluding hydrogens is 268 g/mol. The predicted octanol–water partition coefficient (Wildman–Crippen LogP) is 4.63. The Labute approximate surface area is 138 Å². The fraction of sp³-hybridized carbons (Fsp3) is 0.700. The molecule has 0 fully saturated rings. The highest BCUT2D eigenvalue weighted by Crippen LogP contribution is 2.05. The van der Waals surface area contributed by atoms with Crippen molar-refractivity contribution >= 4 is 0 Å². The molecule has 0 heterocycles. The lowest BCUT2D eigenvalue weighted by atomic mass is 10.1. The van der Waals surface area contributed by atoms with Crippen molar-refractivity contribution in [1.29, 1.82) is 0 Å². The normalized spacial score (nSPS) is 11.3. The third kappa shape index (κ3) is 8.55. The molecule has 0 spiro atoms. The summed E-state index contributed by atoms with van der Waals surface area (Å²) in [5.74, 6) is 0. The van der Waals surface area contributed by atoms with Gasteiger partial charge in [-0.15, -0.1) is 0 Å². The average molecular weight is 305 g/mol. The zero-order chi connectivity index (χ0) is 16.0. The maximum atomic E-state index is 3.58. The SMILES string of the molecule is CCCCN(CCCC)CCCNCc1ccc(CC)cc1. The fourth-order valence-electron chi connectivity index (χ4n) is 2.65. The highest BCUT2D eigenvalue weighted by atomic mass is 15.1. The molecule has 22 heavy (non-hydrogen) atoms. The lowest BCUT2D eigenvalue weighted by Gasteiger charge is -2.22. The minimum atomic E-state index is 0.994. The van der Waals surface area contributed by atoms with E-state index in [-0.39, 0.29) is 0 Å². The van der Waals surface area contributed by atoms with E-state index in [1.807, 2.05) is 0 Å². The van der Waals surface area contributed by atoms with Crippen molar-refractivity contribution in [3.63, 3.8) is 0 Å². The Morgan fingerprint density at radius 1 is 0.773 bits per heavy atom. The van der Waals surface area contributed by atoms with E-state index in [0.29, 0.717) is 0 Å². The Balaban J connectivity index is 2.15. The molecule has 1 rings (SSSR count). The van der Waals surface area contributed by atoms with Gasteiger partial charge in [0.15, 0.2) is 0 Å². The van der Waals surface area contributed by atoms with Gasteiger partial charge >= 0.3 is 0 Å². The number of benzene rings is 1. The molecule has 0 bridgehead atoms. The van der Waals surface area contributed by atoms with Crippen LogP contribution in [0.25, 0.3) is 0 Å². The maximum absolute atomic E-state index is 3.58. The first-order valence-corrected chi connectivity index (χ1v) is 9.31. The van der Waals surface area contributed by atoms with Gasteiger partial charge in [0.25, 0.3) is 0 Å². The third-order valence-corrected chi connectivity index (χ3v) is 4.24. The first-order valence-electron chi connectivity index (χ1n) is 9.31. The second-order valence-electron chi connectivity index (χ2n) is 6.25. The largest absolute Gasteiger partial charge is 0.313 e. The number of nitrogens with one attached hydrogen (secondary N) is 1. The van der Waals surface area contributed by atoms with Crippen molar-refractivity contribution in [1.82, 2.24) is 10.2 Å². The van der Waals surface area contributed by atoms with E-state index in [0.717, 1.165) is 19.5 Å². The molecule has 0 amide bonds. The Bertz CT molecular complexity index is 350. The van der Waals surface area contributed by atoms with E-state index in [1.54, 1.807) is 0 Å². The molecule has 1 N–H and O–H groups in total. The minimum absolute atomic E-state index is 0.994. The smallest absolute Gasteiger partial charge is 0.0205 e. The molecule has 2 heteroatoms. The number of rotatable bonds is 13. The Morgan fingerprint density at radius 3 is 1.86 bits per heavy atom. The molecule has 0 atom stereocenters. The average Bonchev–Trinajstić information content (AvgIpc) is 2.56. The summed E-state index contributed by atoms with van der Waals surface area (Å²) >= 11 is 0. The second kappa shape index (κ2) is 12.7. The molecule has 0 aliphatic rings. The van der Waals surface area contributed by atoms with E-state index in [9.17, 15) is 0 Å². The second-order valence-corrected chi connectivity index (χ2v) is 6.25. The van der Waals surface area contributed by atoms with Gasteiger partial charge in [-0.1, -0.05) is 57.9 Å². The highest BCUT2D eigenvalue weighted by Gasteiger charge is 2.03. The van der Waals surface area contributed by atoms with Crippen LogP contribution in [0.15, 0.2) is 24.3 Å². The van der Waals surface area contributed by atoms with Crippen LogP contribution >= 0.6 is 0 Å². The van der Waals surface area contributed by atoms with Gasteiger partial charge in [-0.05, 0) is 63.0 Å². The molecule has 0 saturated heterocycles. The van der Waals surface area contributed by atoms with Crippen LogP contribution in [-0.2, 0) is 13.0 Å². The molecule has 0 aromatic heterocycles. The molecule has 0 radical (unpaired) electrons. The summed E-state index contributed by atoms with van der Waals surface area (Å²) in [5.41, 5.74) is 2.82. The lowest BCUT2D eigenvalue weighted by molar-refractivity contribution is 0.261. The minimum Gasteiger partial charge on any atom is -0.313 e. The standard InChI is InChI=1S/C20H36N2/c1-4-7-15-22(16-8-5-2)17-9-14-21-18-20-12-10-19(6-3)11-13-20/h10-13,21H,4-9,14-18H2,1-3H3. The van der Waals surface area contributed by atoms with Gasteiger partial charge in [0, 0.05) is 6.54 Å². The van der Waals surface area contributed by atoms with E-state index >= 15 is 0 Å². The third-order valence-electron chi connectivity index (χ3n) is 4.24. The summed E-state index contributed by atoms with van der Waals surface area (Å²) in [4.78, 5) is 2.64. The van der Waals surface area contributed by atoms with Gasteiger partial charge in [-0.25, -0.2) is 0 Å². The van der Waals surface area contributed by atoms with Crippen LogP contribution in [0, 0.1) is 0 Å². The predicted molar refractivity (Wildman–Crippen MR) is 98.4 cm³/mol. The number of aryl methyl sites for hydroxylation is 1. The summed E-state index contributed by atoms with van der Waals surface area (Å²) < 4.78 is 0. The van der Waals surface area contributed by atoms with Gasteiger partial charge in [-0.2, -0.15) is 0 Å². The fourth-order valence-corrected chi connectivity index (χ4v) is 2.65. The summed E-state index contributed by atoms with van der Waals surface area (Å²) in [7, 11) is 0. The van der Waals surface area contributed by atoms with Crippen LogP contribution < -0.4 is 5.32 Å². The van der Waals surface area contributed by atoms with Crippen molar-refractivity contribution < 1.29 is 0 Å². The zero-order valence-electron chi connectivity index (χ0n) is 15.0. The van der Waals surface area contributed by atoms with Crippen LogP contribution in [0.3, 0.4) is 0 Å². The van der Waals surface area contributed by atoms with E-state index in [2.05, 4.69) is 55.3 Å². The molecule has 0 saturated carbocycles. The van der Waals surface area contributed by atoms with E-state index in [4.69, 9.17) is 0 Å². The van der Waals surface area contributed by atoms with Gasteiger partial charge in [-0.3, -0.25) is 0 Å².